The monoisotopic (exact) mass is 229 g/mol. The summed E-state index contributed by atoms with van der Waals surface area (Å²) in [5, 5.41) is 0. The normalized spacial score (nSPS) is 12.3. The Balaban J connectivity index is 3.36. The molecule has 0 saturated carbocycles. The second-order valence-electron chi connectivity index (χ2n) is 4.89. The highest BCUT2D eigenvalue weighted by Gasteiger charge is 2.15. The number of anilines is 1. The third kappa shape index (κ3) is 3.28. The van der Waals surface area contributed by atoms with Crippen molar-refractivity contribution in [1.82, 2.24) is 0 Å². The average Bonchev–Trinajstić information content (AvgIpc) is 2.23. The Bertz CT molecular complexity index is 465. The Kier molecular flexibility index (Phi) is 3.84. The highest BCUT2D eigenvalue weighted by atomic mass is 14.9. The van der Waals surface area contributed by atoms with Crippen LogP contribution in [0.1, 0.15) is 31.9 Å². The molecule has 0 amide bonds. The maximum Gasteiger partial charge on any atom is 0.158 e. The van der Waals surface area contributed by atoms with Crippen LogP contribution in [0.15, 0.2) is 41.0 Å². The van der Waals surface area contributed by atoms with Gasteiger partial charge in [-0.25, -0.2) is 9.98 Å². The van der Waals surface area contributed by atoms with Crippen molar-refractivity contribution in [2.75, 3.05) is 5.73 Å². The Labute approximate surface area is 103 Å². The van der Waals surface area contributed by atoms with Crippen molar-refractivity contribution in [2.45, 2.75) is 26.2 Å². The van der Waals surface area contributed by atoms with E-state index in [1.165, 1.54) is 6.20 Å². The summed E-state index contributed by atoms with van der Waals surface area (Å²) >= 11 is 0. The van der Waals surface area contributed by atoms with Gasteiger partial charge in [-0.15, -0.1) is 0 Å². The van der Waals surface area contributed by atoms with Crippen molar-refractivity contribution in [2.24, 2.45) is 9.98 Å². The fraction of sp³-hybridized carbons (Fsp3) is 0.286. The number of nitrogen functional groups attached to an aromatic ring is 1. The molecule has 2 N–H and O–H groups in total. The molecule has 1 rings (SSSR count). The number of aliphatic imine (C=N–C) groups is 2. The van der Waals surface area contributed by atoms with Gasteiger partial charge in [-0.2, -0.15) is 0 Å². The summed E-state index contributed by atoms with van der Waals surface area (Å²) in [6.45, 7) is 13.5. The molecule has 1 aromatic rings. The molecule has 0 aliphatic heterocycles. The maximum atomic E-state index is 5.90. The second-order valence-corrected chi connectivity index (χ2v) is 4.89. The molecular formula is C14H19N3. The Morgan fingerprint density at radius 1 is 1.29 bits per heavy atom. The van der Waals surface area contributed by atoms with Crippen LogP contribution >= 0.6 is 0 Å². The van der Waals surface area contributed by atoms with E-state index in [1.54, 1.807) is 0 Å². The van der Waals surface area contributed by atoms with Crippen LogP contribution in [-0.2, 0) is 5.41 Å². The number of hydrogen-bond donors (Lipinski definition) is 1. The van der Waals surface area contributed by atoms with Gasteiger partial charge in [0.15, 0.2) is 5.84 Å². The maximum absolute atomic E-state index is 5.90. The van der Waals surface area contributed by atoms with E-state index in [0.29, 0.717) is 11.5 Å². The lowest BCUT2D eigenvalue weighted by Gasteiger charge is -2.20. The van der Waals surface area contributed by atoms with E-state index in [9.17, 15) is 0 Å². The first-order chi connectivity index (χ1) is 7.88. The van der Waals surface area contributed by atoms with E-state index in [1.807, 2.05) is 18.2 Å². The lowest BCUT2D eigenvalue weighted by atomic mass is 9.85. The molecule has 0 aliphatic carbocycles. The zero-order valence-electron chi connectivity index (χ0n) is 10.7. The lowest BCUT2D eigenvalue weighted by molar-refractivity contribution is 0.590. The number of amidine groups is 1. The minimum absolute atomic E-state index is 0.0323. The molecule has 1 aromatic carbocycles. The molecule has 0 unspecified atom stereocenters. The predicted molar refractivity (Wildman–Crippen MR) is 75.8 cm³/mol. The molecule has 0 bridgehead atoms. The standard InChI is InChI=1S/C14H19N3/c1-6-17-13(16-5)10-7-11(14(2,3)4)9-12(15)8-10/h6-9H,1,5,15H2,2-4H3. The zero-order valence-corrected chi connectivity index (χ0v) is 10.7. The number of nitrogens with two attached hydrogens (primary N) is 1. The first kappa shape index (κ1) is 13.2. The Hall–Kier alpha value is -1.90. The van der Waals surface area contributed by atoms with Gasteiger partial charge in [0.2, 0.25) is 0 Å². The molecule has 0 spiro atoms. The second kappa shape index (κ2) is 4.95. The van der Waals surface area contributed by atoms with E-state index >= 15 is 0 Å². The minimum atomic E-state index is 0.0323. The largest absolute Gasteiger partial charge is 0.399 e. The van der Waals surface area contributed by atoms with Crippen LogP contribution in [0.4, 0.5) is 5.69 Å². The fourth-order valence-electron chi connectivity index (χ4n) is 1.51. The van der Waals surface area contributed by atoms with Gasteiger partial charge in [-0.3, -0.25) is 0 Å². The van der Waals surface area contributed by atoms with Gasteiger partial charge < -0.3 is 5.73 Å². The van der Waals surface area contributed by atoms with Crippen molar-refractivity contribution in [1.29, 1.82) is 0 Å². The summed E-state index contributed by atoms with van der Waals surface area (Å²) in [6, 6.07) is 5.84. The lowest BCUT2D eigenvalue weighted by Crippen LogP contribution is -2.13. The van der Waals surface area contributed by atoms with Crippen LogP contribution in [0.2, 0.25) is 0 Å². The fourth-order valence-corrected chi connectivity index (χ4v) is 1.51. The van der Waals surface area contributed by atoms with Crippen molar-refractivity contribution in [3.05, 3.63) is 42.1 Å². The molecule has 0 radical (unpaired) electrons. The van der Waals surface area contributed by atoms with Crippen molar-refractivity contribution < 1.29 is 0 Å². The Morgan fingerprint density at radius 3 is 2.41 bits per heavy atom. The summed E-state index contributed by atoms with van der Waals surface area (Å²) in [7, 11) is 0. The summed E-state index contributed by atoms with van der Waals surface area (Å²) in [4.78, 5) is 7.96. The summed E-state index contributed by atoms with van der Waals surface area (Å²) in [6.07, 6.45) is 1.45. The van der Waals surface area contributed by atoms with Crippen molar-refractivity contribution in [3.8, 4) is 0 Å². The van der Waals surface area contributed by atoms with E-state index in [2.05, 4.69) is 44.1 Å². The molecule has 0 aromatic heterocycles. The molecule has 3 nitrogen and oxygen atoms in total. The van der Waals surface area contributed by atoms with Crippen LogP contribution in [0.3, 0.4) is 0 Å². The van der Waals surface area contributed by atoms with Crippen LogP contribution in [0, 0.1) is 0 Å². The van der Waals surface area contributed by atoms with Gasteiger partial charge in [-0.1, -0.05) is 27.4 Å². The van der Waals surface area contributed by atoms with Crippen LogP contribution in [-0.4, -0.2) is 12.6 Å². The van der Waals surface area contributed by atoms with Gasteiger partial charge in [0.25, 0.3) is 0 Å². The number of benzene rings is 1. The molecule has 3 heteroatoms. The molecular weight excluding hydrogens is 210 g/mol. The summed E-state index contributed by atoms with van der Waals surface area (Å²) < 4.78 is 0. The number of nitrogens with zero attached hydrogens (tertiary/aromatic N) is 2. The third-order valence-electron chi connectivity index (χ3n) is 2.44. The van der Waals surface area contributed by atoms with Gasteiger partial charge in [0, 0.05) is 17.5 Å². The molecule has 0 heterocycles. The van der Waals surface area contributed by atoms with E-state index < -0.39 is 0 Å². The zero-order chi connectivity index (χ0) is 13.1. The van der Waals surface area contributed by atoms with Crippen molar-refractivity contribution in [3.63, 3.8) is 0 Å². The molecule has 17 heavy (non-hydrogen) atoms. The average molecular weight is 229 g/mol. The molecule has 90 valence electrons. The van der Waals surface area contributed by atoms with Crippen LogP contribution in [0.5, 0.6) is 0 Å². The minimum Gasteiger partial charge on any atom is -0.399 e. The first-order valence-electron chi connectivity index (χ1n) is 5.45. The topological polar surface area (TPSA) is 50.7 Å². The Morgan fingerprint density at radius 2 is 1.94 bits per heavy atom. The van der Waals surface area contributed by atoms with E-state index in [0.717, 1.165) is 11.1 Å². The SMILES string of the molecule is C=CN=C(N=C)c1cc(N)cc(C(C)(C)C)c1. The summed E-state index contributed by atoms with van der Waals surface area (Å²) in [5.41, 5.74) is 8.65. The van der Waals surface area contributed by atoms with E-state index in [4.69, 9.17) is 5.73 Å². The highest BCUT2D eigenvalue weighted by molar-refractivity contribution is 6.02. The van der Waals surface area contributed by atoms with Crippen molar-refractivity contribution >= 4 is 18.2 Å². The smallest absolute Gasteiger partial charge is 0.158 e. The van der Waals surface area contributed by atoms with E-state index in [-0.39, 0.29) is 5.41 Å². The number of hydrogen-bond acceptors (Lipinski definition) is 2. The van der Waals surface area contributed by atoms with Gasteiger partial charge in [0.1, 0.15) is 0 Å². The quantitative estimate of drug-likeness (QED) is 0.472. The first-order valence-corrected chi connectivity index (χ1v) is 5.45. The third-order valence-corrected chi connectivity index (χ3v) is 2.44. The van der Waals surface area contributed by atoms with Crippen LogP contribution in [0.25, 0.3) is 0 Å². The summed E-state index contributed by atoms with van der Waals surface area (Å²) in [5.74, 6) is 0.540. The molecule has 0 atom stereocenters. The molecule has 0 saturated heterocycles. The predicted octanol–water partition coefficient (Wildman–Crippen LogP) is 3.16. The number of rotatable bonds is 2. The van der Waals surface area contributed by atoms with Crippen LogP contribution < -0.4 is 5.73 Å². The highest BCUT2D eigenvalue weighted by Crippen LogP contribution is 2.25. The van der Waals surface area contributed by atoms with Gasteiger partial charge in [0.05, 0.1) is 0 Å². The van der Waals surface area contributed by atoms with Gasteiger partial charge in [-0.05, 0) is 35.9 Å². The van der Waals surface area contributed by atoms with Gasteiger partial charge >= 0.3 is 0 Å². The molecule has 0 fully saturated rings. The molecule has 0 aliphatic rings.